The maximum absolute atomic E-state index is 12.0. The summed E-state index contributed by atoms with van der Waals surface area (Å²) in [4.78, 5) is 3.57. The third-order valence-electron chi connectivity index (χ3n) is 1.92. The number of alkyl halides is 6. The van der Waals surface area contributed by atoms with E-state index in [0.29, 0.717) is 6.92 Å². The Morgan fingerprint density at radius 2 is 1.57 bits per heavy atom. The lowest BCUT2D eigenvalue weighted by Gasteiger charge is -2.16. The van der Waals surface area contributed by atoms with Gasteiger partial charge in [0.15, 0.2) is 6.10 Å². The summed E-state index contributed by atoms with van der Waals surface area (Å²) in [6.07, 6.45) is -12.9. The van der Waals surface area contributed by atoms with Crippen molar-refractivity contribution in [1.82, 2.24) is 4.98 Å². The lowest BCUT2D eigenvalue weighted by molar-refractivity contribution is -0.197. The van der Waals surface area contributed by atoms with Gasteiger partial charge in [0.25, 0.3) is 0 Å². The third-order valence-corrected chi connectivity index (χ3v) is 2.13. The van der Waals surface area contributed by atoms with Crippen molar-refractivity contribution >= 4 is 11.6 Å². The second-order valence-electron chi connectivity index (χ2n) is 3.82. The second-order valence-corrected chi connectivity index (χ2v) is 4.21. The van der Waals surface area contributed by atoms with E-state index in [0.717, 1.165) is 6.92 Å². The SMILES string of the molecule is CC(O)C(F)(F)F.CC(Oc1cccc(Cl)n1)C(F)(F)F. The average Bonchev–Trinajstić information content (AvgIpc) is 2.27. The number of pyridine rings is 1. The summed E-state index contributed by atoms with van der Waals surface area (Å²) >= 11 is 5.47. The van der Waals surface area contributed by atoms with Gasteiger partial charge in [0.05, 0.1) is 0 Å². The Hall–Kier alpha value is -1.22. The smallest absolute Gasteiger partial charge is 0.425 e. The van der Waals surface area contributed by atoms with Gasteiger partial charge in [-0.25, -0.2) is 4.98 Å². The predicted octanol–water partition coefficient (Wildman–Crippen LogP) is 3.99. The highest BCUT2D eigenvalue weighted by Crippen LogP contribution is 2.24. The zero-order chi connectivity index (χ0) is 16.8. The van der Waals surface area contributed by atoms with Gasteiger partial charge in [0.2, 0.25) is 5.88 Å². The van der Waals surface area contributed by atoms with Crippen molar-refractivity contribution in [2.24, 2.45) is 0 Å². The van der Waals surface area contributed by atoms with Crippen molar-refractivity contribution in [3.8, 4) is 5.88 Å². The zero-order valence-electron chi connectivity index (χ0n) is 10.8. The maximum Gasteiger partial charge on any atom is 0.425 e. The van der Waals surface area contributed by atoms with Crippen LogP contribution in [0, 0.1) is 0 Å². The standard InChI is InChI=1S/C8H7ClF3NO.C3H5F3O/c1-5(8(10,11)12)14-7-4-2-3-6(9)13-7;1-2(7)3(4,5)6/h2-5H,1H3;2,7H,1H3. The van der Waals surface area contributed by atoms with Gasteiger partial charge in [0.1, 0.15) is 11.3 Å². The first-order valence-electron chi connectivity index (χ1n) is 5.44. The Kier molecular flexibility index (Phi) is 7.25. The minimum Gasteiger partial charge on any atom is -0.465 e. The van der Waals surface area contributed by atoms with Crippen LogP contribution in [0.3, 0.4) is 0 Å². The molecule has 2 unspecified atom stereocenters. The van der Waals surface area contributed by atoms with E-state index >= 15 is 0 Å². The molecular weight excluding hydrogens is 328 g/mol. The molecule has 3 nitrogen and oxygen atoms in total. The second kappa shape index (κ2) is 7.69. The molecule has 0 aliphatic carbocycles. The number of aromatic nitrogens is 1. The quantitative estimate of drug-likeness (QED) is 0.654. The Morgan fingerprint density at radius 1 is 1.10 bits per heavy atom. The van der Waals surface area contributed by atoms with Gasteiger partial charge < -0.3 is 9.84 Å². The van der Waals surface area contributed by atoms with Crippen LogP contribution in [-0.2, 0) is 0 Å². The molecule has 122 valence electrons. The van der Waals surface area contributed by atoms with Crippen LogP contribution in [0.25, 0.3) is 0 Å². The number of aliphatic hydroxyl groups is 1. The molecule has 1 rings (SSSR count). The van der Waals surface area contributed by atoms with E-state index in [1.165, 1.54) is 18.2 Å². The number of hydrogen-bond acceptors (Lipinski definition) is 3. The van der Waals surface area contributed by atoms with Gasteiger partial charge in [-0.2, -0.15) is 26.3 Å². The molecule has 1 aromatic rings. The Balaban J connectivity index is 0.000000486. The summed E-state index contributed by atoms with van der Waals surface area (Å²) in [7, 11) is 0. The molecule has 0 spiro atoms. The monoisotopic (exact) mass is 339 g/mol. The van der Waals surface area contributed by atoms with Crippen LogP contribution < -0.4 is 4.74 Å². The van der Waals surface area contributed by atoms with E-state index in [1.807, 2.05) is 0 Å². The largest absolute Gasteiger partial charge is 0.465 e. The molecule has 2 atom stereocenters. The zero-order valence-corrected chi connectivity index (χ0v) is 11.6. The molecule has 10 heteroatoms. The van der Waals surface area contributed by atoms with Crippen LogP contribution in [0.4, 0.5) is 26.3 Å². The predicted molar refractivity (Wildman–Crippen MR) is 63.1 cm³/mol. The lowest BCUT2D eigenvalue weighted by atomic mass is 10.4. The van der Waals surface area contributed by atoms with E-state index in [2.05, 4.69) is 9.72 Å². The summed E-state index contributed by atoms with van der Waals surface area (Å²) in [5.41, 5.74) is 0. The molecule has 21 heavy (non-hydrogen) atoms. The third kappa shape index (κ3) is 8.61. The maximum atomic E-state index is 12.0. The number of halogens is 7. The number of rotatable bonds is 2. The highest BCUT2D eigenvalue weighted by Gasteiger charge is 2.38. The van der Waals surface area contributed by atoms with E-state index < -0.39 is 24.6 Å². The van der Waals surface area contributed by atoms with Crippen molar-refractivity contribution in [2.45, 2.75) is 38.4 Å². The molecule has 1 N–H and O–H groups in total. The van der Waals surface area contributed by atoms with Gasteiger partial charge in [-0.05, 0) is 19.9 Å². The summed E-state index contributed by atoms with van der Waals surface area (Å²) in [5.74, 6) is -0.137. The fraction of sp³-hybridized carbons (Fsp3) is 0.545. The average molecular weight is 340 g/mol. The first-order chi connectivity index (χ1) is 9.34. The van der Waals surface area contributed by atoms with E-state index in [9.17, 15) is 26.3 Å². The van der Waals surface area contributed by atoms with Crippen LogP contribution in [0.1, 0.15) is 13.8 Å². The van der Waals surface area contributed by atoms with Crippen LogP contribution in [-0.4, -0.2) is 34.7 Å². The van der Waals surface area contributed by atoms with Gasteiger partial charge in [0, 0.05) is 6.07 Å². The van der Waals surface area contributed by atoms with Gasteiger partial charge in [-0.15, -0.1) is 0 Å². The first-order valence-corrected chi connectivity index (χ1v) is 5.82. The number of ether oxygens (including phenoxy) is 1. The van der Waals surface area contributed by atoms with Crippen molar-refractivity contribution in [1.29, 1.82) is 0 Å². The Morgan fingerprint density at radius 3 is 1.90 bits per heavy atom. The number of aliphatic hydroxyl groups excluding tert-OH is 1. The topological polar surface area (TPSA) is 42.4 Å². The molecule has 0 amide bonds. The summed E-state index contributed by atoms with van der Waals surface area (Å²) in [5, 5.41) is 7.86. The molecule has 0 saturated heterocycles. The Bertz CT molecular complexity index is 435. The van der Waals surface area contributed by atoms with Crippen molar-refractivity contribution in [2.75, 3.05) is 0 Å². The highest BCUT2D eigenvalue weighted by atomic mass is 35.5. The highest BCUT2D eigenvalue weighted by molar-refractivity contribution is 6.29. The van der Waals surface area contributed by atoms with Crippen molar-refractivity contribution in [3.05, 3.63) is 23.4 Å². The summed E-state index contributed by atoms with van der Waals surface area (Å²) in [6, 6.07) is 4.23. The molecule has 0 aromatic carbocycles. The molecule has 0 aliphatic rings. The molecule has 0 saturated carbocycles. The molecule has 0 aliphatic heterocycles. The van der Waals surface area contributed by atoms with Crippen LogP contribution in [0.5, 0.6) is 5.88 Å². The minimum atomic E-state index is -4.44. The normalized spacial score (nSPS) is 14.8. The molecule has 0 fully saturated rings. The van der Waals surface area contributed by atoms with Crippen molar-refractivity contribution in [3.63, 3.8) is 0 Å². The lowest BCUT2D eigenvalue weighted by Crippen LogP contribution is -2.31. The van der Waals surface area contributed by atoms with E-state index in [1.54, 1.807) is 0 Å². The van der Waals surface area contributed by atoms with Gasteiger partial charge >= 0.3 is 12.4 Å². The molecule has 1 aromatic heterocycles. The van der Waals surface area contributed by atoms with E-state index in [-0.39, 0.29) is 11.0 Å². The van der Waals surface area contributed by atoms with Crippen LogP contribution >= 0.6 is 11.6 Å². The molecular formula is C11H12ClF6NO2. The van der Waals surface area contributed by atoms with E-state index in [4.69, 9.17) is 16.7 Å². The number of nitrogens with zero attached hydrogens (tertiary/aromatic N) is 1. The van der Waals surface area contributed by atoms with Gasteiger partial charge in [-0.3, -0.25) is 0 Å². The molecule has 0 radical (unpaired) electrons. The Labute approximate surface area is 121 Å². The van der Waals surface area contributed by atoms with Crippen molar-refractivity contribution < 1.29 is 36.2 Å². The summed E-state index contributed by atoms with van der Waals surface area (Å²) in [6.45, 7) is 1.59. The summed E-state index contributed by atoms with van der Waals surface area (Å²) < 4.78 is 73.5. The van der Waals surface area contributed by atoms with Crippen LogP contribution in [0.2, 0.25) is 5.15 Å². The first kappa shape index (κ1) is 19.8. The minimum absolute atomic E-state index is 0.0943. The van der Waals surface area contributed by atoms with Crippen LogP contribution in [0.15, 0.2) is 18.2 Å². The number of hydrogen-bond donors (Lipinski definition) is 1. The molecule has 0 bridgehead atoms. The fourth-order valence-corrected chi connectivity index (χ4v) is 0.859. The molecule has 1 heterocycles. The fourth-order valence-electron chi connectivity index (χ4n) is 0.703. The van der Waals surface area contributed by atoms with Gasteiger partial charge in [-0.1, -0.05) is 17.7 Å².